The molecule has 0 saturated heterocycles. The lowest BCUT2D eigenvalue weighted by molar-refractivity contribution is -0.137. The monoisotopic (exact) mass is 202 g/mol. The molecule has 2 rings (SSSR count). The first kappa shape index (κ1) is 9.77. The van der Waals surface area contributed by atoms with Crippen LogP contribution in [0.4, 0.5) is 0 Å². The number of carboxylic acids is 1. The summed E-state index contributed by atoms with van der Waals surface area (Å²) >= 11 is 0. The number of aryl methyl sites for hydroxylation is 1. The maximum absolute atomic E-state index is 10.7. The average molecular weight is 202 g/mol. The Kier molecular flexibility index (Phi) is 2.23. The minimum Gasteiger partial charge on any atom is -0.480 e. The summed E-state index contributed by atoms with van der Waals surface area (Å²) in [7, 11) is 0. The number of rotatable bonds is 2. The van der Waals surface area contributed by atoms with Gasteiger partial charge < -0.3 is 9.67 Å². The smallest absolute Gasteiger partial charge is 0.323 e. The summed E-state index contributed by atoms with van der Waals surface area (Å²) in [4.78, 5) is 10.7. The van der Waals surface area contributed by atoms with E-state index in [-0.39, 0.29) is 6.54 Å². The Morgan fingerprint density at radius 2 is 2.27 bits per heavy atom. The van der Waals surface area contributed by atoms with Gasteiger partial charge >= 0.3 is 5.97 Å². The summed E-state index contributed by atoms with van der Waals surface area (Å²) in [6.45, 7) is 3.96. The molecule has 1 aromatic heterocycles. The Morgan fingerprint density at radius 3 is 2.93 bits per heavy atom. The van der Waals surface area contributed by atoms with Gasteiger partial charge in [0, 0.05) is 16.6 Å². The minimum absolute atomic E-state index is 0.0141. The zero-order valence-electron chi connectivity index (χ0n) is 8.74. The fourth-order valence-electron chi connectivity index (χ4n) is 1.87. The third-order valence-electron chi connectivity index (χ3n) is 2.78. The van der Waals surface area contributed by atoms with E-state index in [0.29, 0.717) is 0 Å². The summed E-state index contributed by atoms with van der Waals surface area (Å²) in [6, 6.07) is 8.61. The van der Waals surface area contributed by atoms with E-state index in [1.165, 1.54) is 0 Å². The van der Waals surface area contributed by atoms with Crippen molar-refractivity contribution >= 4 is 16.9 Å². The van der Waals surface area contributed by atoms with E-state index in [9.17, 15) is 4.79 Å². The SMILES string of the molecule is Cc1c(C)n(CC(=O)O)c2cc[c]cc12. The highest BCUT2D eigenvalue weighted by atomic mass is 16.4. The number of aliphatic carboxylic acids is 1. The average Bonchev–Trinajstić information content (AvgIpc) is 2.44. The van der Waals surface area contributed by atoms with Gasteiger partial charge in [-0.3, -0.25) is 4.79 Å². The van der Waals surface area contributed by atoms with Gasteiger partial charge in [-0.2, -0.15) is 0 Å². The summed E-state index contributed by atoms with van der Waals surface area (Å²) in [5.74, 6) is -0.817. The van der Waals surface area contributed by atoms with Gasteiger partial charge in [-0.05, 0) is 37.6 Å². The Bertz CT molecular complexity index is 526. The first-order valence-corrected chi connectivity index (χ1v) is 4.78. The second-order valence-electron chi connectivity index (χ2n) is 3.63. The molecular weight excluding hydrogens is 190 g/mol. The number of benzene rings is 1. The van der Waals surface area contributed by atoms with Crippen LogP contribution in [0.25, 0.3) is 10.9 Å². The van der Waals surface area contributed by atoms with Crippen molar-refractivity contribution < 1.29 is 9.90 Å². The molecule has 15 heavy (non-hydrogen) atoms. The van der Waals surface area contributed by atoms with Gasteiger partial charge in [-0.15, -0.1) is 0 Å². The molecule has 0 unspecified atom stereocenters. The van der Waals surface area contributed by atoms with E-state index >= 15 is 0 Å². The van der Waals surface area contributed by atoms with Crippen LogP contribution >= 0.6 is 0 Å². The van der Waals surface area contributed by atoms with Gasteiger partial charge in [0.25, 0.3) is 0 Å². The highest BCUT2D eigenvalue weighted by molar-refractivity contribution is 5.86. The molecule has 0 aliphatic carbocycles. The molecule has 1 aromatic carbocycles. The van der Waals surface area contributed by atoms with Gasteiger partial charge in [-0.25, -0.2) is 0 Å². The number of carbonyl (C=O) groups is 1. The number of nitrogens with zero attached hydrogens (tertiary/aromatic N) is 1. The summed E-state index contributed by atoms with van der Waals surface area (Å²) < 4.78 is 1.82. The van der Waals surface area contributed by atoms with Crippen LogP contribution in [-0.2, 0) is 11.3 Å². The third kappa shape index (κ3) is 1.50. The maximum Gasteiger partial charge on any atom is 0.323 e. The minimum atomic E-state index is -0.817. The van der Waals surface area contributed by atoms with Crippen molar-refractivity contribution in [1.29, 1.82) is 0 Å². The van der Waals surface area contributed by atoms with Crippen molar-refractivity contribution in [1.82, 2.24) is 4.57 Å². The number of hydrogen-bond acceptors (Lipinski definition) is 1. The predicted molar refractivity (Wildman–Crippen MR) is 57.9 cm³/mol. The standard InChI is InChI=1S/C12H12NO2/c1-8-9(2)13(7-12(14)15)11-6-4-3-5-10(8)11/h4-6H,7H2,1-2H3,(H,14,15). The molecule has 77 valence electrons. The topological polar surface area (TPSA) is 42.2 Å². The molecule has 0 atom stereocenters. The van der Waals surface area contributed by atoms with Crippen LogP contribution in [0.2, 0.25) is 0 Å². The van der Waals surface area contributed by atoms with E-state index in [1.807, 2.05) is 30.5 Å². The molecule has 0 saturated carbocycles. The summed E-state index contributed by atoms with van der Waals surface area (Å²) in [6.07, 6.45) is 0. The van der Waals surface area contributed by atoms with Crippen molar-refractivity contribution in [3.05, 3.63) is 35.5 Å². The molecule has 0 spiro atoms. The van der Waals surface area contributed by atoms with Crippen molar-refractivity contribution in [3.63, 3.8) is 0 Å². The lowest BCUT2D eigenvalue weighted by Gasteiger charge is -2.03. The first-order valence-electron chi connectivity index (χ1n) is 4.78. The van der Waals surface area contributed by atoms with Crippen LogP contribution in [0.1, 0.15) is 11.3 Å². The Balaban J connectivity index is 2.72. The molecule has 1 N–H and O–H groups in total. The first-order chi connectivity index (χ1) is 7.11. The molecular formula is C12H12NO2. The van der Waals surface area contributed by atoms with Gasteiger partial charge in [0.2, 0.25) is 0 Å². The zero-order valence-corrected chi connectivity index (χ0v) is 8.74. The highest BCUT2D eigenvalue weighted by Gasteiger charge is 2.11. The van der Waals surface area contributed by atoms with E-state index in [1.54, 1.807) is 6.07 Å². The molecule has 1 heterocycles. The van der Waals surface area contributed by atoms with Crippen LogP contribution < -0.4 is 0 Å². The maximum atomic E-state index is 10.7. The van der Waals surface area contributed by atoms with Crippen LogP contribution in [0.3, 0.4) is 0 Å². The van der Waals surface area contributed by atoms with E-state index in [2.05, 4.69) is 6.07 Å². The number of carboxylic acid groups (broad SMARTS) is 1. The molecule has 2 aromatic rings. The second kappa shape index (κ2) is 3.42. The molecule has 0 fully saturated rings. The van der Waals surface area contributed by atoms with E-state index < -0.39 is 5.97 Å². The van der Waals surface area contributed by atoms with E-state index in [4.69, 9.17) is 5.11 Å². The van der Waals surface area contributed by atoms with Crippen molar-refractivity contribution in [2.24, 2.45) is 0 Å². The van der Waals surface area contributed by atoms with Crippen LogP contribution in [0.5, 0.6) is 0 Å². The van der Waals surface area contributed by atoms with Gasteiger partial charge in [-0.1, -0.05) is 6.07 Å². The third-order valence-corrected chi connectivity index (χ3v) is 2.78. The van der Waals surface area contributed by atoms with E-state index in [0.717, 1.165) is 22.2 Å². The molecule has 0 amide bonds. The van der Waals surface area contributed by atoms with Gasteiger partial charge in [0.15, 0.2) is 0 Å². The van der Waals surface area contributed by atoms with Crippen LogP contribution in [-0.4, -0.2) is 15.6 Å². The number of aromatic nitrogens is 1. The number of fused-ring (bicyclic) bond motifs is 1. The Morgan fingerprint density at radius 1 is 1.53 bits per heavy atom. The lowest BCUT2D eigenvalue weighted by Crippen LogP contribution is -2.09. The fraction of sp³-hybridized carbons (Fsp3) is 0.250. The Labute approximate surface area is 87.9 Å². The second-order valence-corrected chi connectivity index (χ2v) is 3.63. The van der Waals surface area contributed by atoms with Crippen LogP contribution in [0, 0.1) is 19.9 Å². The molecule has 1 radical (unpaired) electrons. The predicted octanol–water partition coefficient (Wildman–Crippen LogP) is 2.14. The molecule has 0 bridgehead atoms. The van der Waals surface area contributed by atoms with Crippen molar-refractivity contribution in [3.8, 4) is 0 Å². The summed E-state index contributed by atoms with van der Waals surface area (Å²) in [5, 5.41) is 9.91. The largest absolute Gasteiger partial charge is 0.480 e. The molecule has 3 heteroatoms. The van der Waals surface area contributed by atoms with Crippen molar-refractivity contribution in [2.75, 3.05) is 0 Å². The Hall–Kier alpha value is -1.77. The number of hydrogen-bond donors (Lipinski definition) is 1. The van der Waals surface area contributed by atoms with Gasteiger partial charge in [0.05, 0.1) is 0 Å². The normalized spacial score (nSPS) is 10.8. The molecule has 0 aliphatic rings. The fourth-order valence-corrected chi connectivity index (χ4v) is 1.87. The quantitative estimate of drug-likeness (QED) is 0.810. The van der Waals surface area contributed by atoms with Gasteiger partial charge in [0.1, 0.15) is 6.54 Å². The summed E-state index contributed by atoms with van der Waals surface area (Å²) in [5.41, 5.74) is 3.10. The lowest BCUT2D eigenvalue weighted by atomic mass is 10.2. The highest BCUT2D eigenvalue weighted by Crippen LogP contribution is 2.24. The molecule has 0 aliphatic heterocycles. The molecule has 3 nitrogen and oxygen atoms in total. The van der Waals surface area contributed by atoms with Crippen molar-refractivity contribution in [2.45, 2.75) is 20.4 Å². The zero-order chi connectivity index (χ0) is 11.0. The van der Waals surface area contributed by atoms with Crippen LogP contribution in [0.15, 0.2) is 18.2 Å².